The number of nitrogens with one attached hydrogen (secondary N) is 1. The van der Waals surface area contributed by atoms with E-state index >= 15 is 0 Å². The maximum absolute atomic E-state index is 12.6. The number of aromatic nitrogens is 1. The van der Waals surface area contributed by atoms with Gasteiger partial charge in [0.2, 0.25) is 0 Å². The Morgan fingerprint density at radius 3 is 2.29 bits per heavy atom. The highest BCUT2D eigenvalue weighted by atomic mass is 16.5. The molecule has 1 aromatic heterocycles. The molecule has 28 heavy (non-hydrogen) atoms. The zero-order valence-corrected chi connectivity index (χ0v) is 15.7. The summed E-state index contributed by atoms with van der Waals surface area (Å²) in [7, 11) is 1.48. The van der Waals surface area contributed by atoms with Gasteiger partial charge in [-0.1, -0.05) is 24.3 Å². The molecule has 0 fully saturated rings. The van der Waals surface area contributed by atoms with Gasteiger partial charge in [-0.25, -0.2) is 0 Å². The number of amides is 1. The molecule has 3 aromatic rings. The largest absolute Gasteiger partial charge is 0.508 e. The maximum atomic E-state index is 12.6. The van der Waals surface area contributed by atoms with Crippen molar-refractivity contribution in [1.82, 2.24) is 10.3 Å². The lowest BCUT2D eigenvalue weighted by molar-refractivity contribution is -0.132. The van der Waals surface area contributed by atoms with Gasteiger partial charge in [0.25, 0.3) is 5.91 Å². The van der Waals surface area contributed by atoms with Crippen LogP contribution in [0.2, 0.25) is 0 Å². The molecular weight excluding hydrogens is 356 g/mol. The van der Waals surface area contributed by atoms with E-state index < -0.39 is 6.10 Å². The predicted octanol–water partition coefficient (Wildman–Crippen LogP) is 4.14. The molecule has 2 N–H and O–H groups in total. The van der Waals surface area contributed by atoms with Crippen LogP contribution in [0.4, 0.5) is 0 Å². The number of carbonyl (C=O) groups excluding carboxylic acids is 1. The number of methoxy groups -OCH3 is 1. The van der Waals surface area contributed by atoms with Gasteiger partial charge in [-0.05, 0) is 54.4 Å². The molecule has 0 saturated heterocycles. The number of rotatable bonds is 7. The Balaban J connectivity index is 1.63. The standard InChI is InChI=1S/C22H22N2O4/c1-15(24-22(26)21(27-2)17-5-9-18(25)10-6-17)16-7-11-19(12-8-16)28-20-4-3-13-23-14-20/h3-15,21,25H,1-2H3,(H,24,26). The molecule has 0 aliphatic rings. The molecule has 0 aliphatic carbocycles. The van der Waals surface area contributed by atoms with Crippen molar-refractivity contribution < 1.29 is 19.4 Å². The molecule has 0 spiro atoms. The minimum Gasteiger partial charge on any atom is -0.508 e. The number of nitrogens with zero attached hydrogens (tertiary/aromatic N) is 1. The SMILES string of the molecule is COC(C(=O)NC(C)c1ccc(Oc2cccnc2)cc1)c1ccc(O)cc1. The van der Waals surface area contributed by atoms with Crippen LogP contribution in [0.25, 0.3) is 0 Å². The van der Waals surface area contributed by atoms with E-state index in [1.807, 2.05) is 43.3 Å². The molecule has 144 valence electrons. The van der Waals surface area contributed by atoms with Gasteiger partial charge < -0.3 is 19.9 Å². The summed E-state index contributed by atoms with van der Waals surface area (Å²) in [5.41, 5.74) is 1.61. The average Bonchev–Trinajstić information content (AvgIpc) is 2.71. The van der Waals surface area contributed by atoms with Gasteiger partial charge in [0.05, 0.1) is 12.2 Å². The molecule has 1 heterocycles. The molecule has 0 aliphatic heterocycles. The fourth-order valence-electron chi connectivity index (χ4n) is 2.78. The molecule has 0 saturated carbocycles. The first kappa shape index (κ1) is 19.4. The van der Waals surface area contributed by atoms with Crippen molar-refractivity contribution in [2.24, 2.45) is 0 Å². The smallest absolute Gasteiger partial charge is 0.254 e. The third kappa shape index (κ3) is 4.86. The first-order valence-electron chi connectivity index (χ1n) is 8.87. The van der Waals surface area contributed by atoms with Crippen molar-refractivity contribution in [3.8, 4) is 17.2 Å². The van der Waals surface area contributed by atoms with Gasteiger partial charge in [0.1, 0.15) is 17.2 Å². The fraction of sp³-hybridized carbons (Fsp3) is 0.182. The fourth-order valence-corrected chi connectivity index (χ4v) is 2.78. The number of hydrogen-bond donors (Lipinski definition) is 2. The van der Waals surface area contributed by atoms with Crippen molar-refractivity contribution in [3.05, 3.63) is 84.2 Å². The van der Waals surface area contributed by atoms with Crippen LogP contribution in [0.5, 0.6) is 17.2 Å². The predicted molar refractivity (Wildman–Crippen MR) is 105 cm³/mol. The van der Waals surface area contributed by atoms with Crippen molar-refractivity contribution in [3.63, 3.8) is 0 Å². The zero-order chi connectivity index (χ0) is 19.9. The maximum Gasteiger partial charge on any atom is 0.254 e. The van der Waals surface area contributed by atoms with Gasteiger partial charge in [0, 0.05) is 13.3 Å². The third-order valence-electron chi connectivity index (χ3n) is 4.28. The summed E-state index contributed by atoms with van der Waals surface area (Å²) in [6.45, 7) is 1.90. The lowest BCUT2D eigenvalue weighted by Crippen LogP contribution is -2.32. The molecule has 2 unspecified atom stereocenters. The second-order valence-electron chi connectivity index (χ2n) is 6.30. The molecule has 3 rings (SSSR count). The van der Waals surface area contributed by atoms with Crippen molar-refractivity contribution in [1.29, 1.82) is 0 Å². The molecule has 0 bridgehead atoms. The summed E-state index contributed by atoms with van der Waals surface area (Å²) in [6.07, 6.45) is 2.58. The Hall–Kier alpha value is -3.38. The Labute approximate surface area is 163 Å². The first-order chi connectivity index (χ1) is 13.6. The molecule has 1 amide bonds. The van der Waals surface area contributed by atoms with Crippen LogP contribution >= 0.6 is 0 Å². The van der Waals surface area contributed by atoms with Crippen LogP contribution in [0, 0.1) is 0 Å². The topological polar surface area (TPSA) is 80.7 Å². The van der Waals surface area contributed by atoms with E-state index in [9.17, 15) is 9.90 Å². The monoisotopic (exact) mass is 378 g/mol. The molecule has 2 atom stereocenters. The zero-order valence-electron chi connectivity index (χ0n) is 15.7. The summed E-state index contributed by atoms with van der Waals surface area (Å²) in [5, 5.41) is 12.4. The highest BCUT2D eigenvalue weighted by molar-refractivity contribution is 5.82. The molecule has 6 heteroatoms. The summed E-state index contributed by atoms with van der Waals surface area (Å²) in [5.74, 6) is 1.24. The number of phenolic OH excluding ortho intramolecular Hbond substituents is 1. The van der Waals surface area contributed by atoms with E-state index in [-0.39, 0.29) is 17.7 Å². The van der Waals surface area contributed by atoms with Gasteiger partial charge >= 0.3 is 0 Å². The number of ether oxygens (including phenoxy) is 2. The highest BCUT2D eigenvalue weighted by Crippen LogP contribution is 2.24. The van der Waals surface area contributed by atoms with E-state index in [1.165, 1.54) is 19.2 Å². The Bertz CT molecular complexity index is 896. The van der Waals surface area contributed by atoms with Crippen LogP contribution in [0.3, 0.4) is 0 Å². The average molecular weight is 378 g/mol. The van der Waals surface area contributed by atoms with Crippen molar-refractivity contribution >= 4 is 5.91 Å². The normalized spacial score (nSPS) is 12.8. The molecule has 2 aromatic carbocycles. The number of hydrogen-bond acceptors (Lipinski definition) is 5. The van der Waals surface area contributed by atoms with E-state index in [1.54, 1.807) is 24.5 Å². The third-order valence-corrected chi connectivity index (χ3v) is 4.28. The number of pyridine rings is 1. The lowest BCUT2D eigenvalue weighted by atomic mass is 10.1. The van der Waals surface area contributed by atoms with E-state index in [2.05, 4.69) is 10.3 Å². The number of carbonyl (C=O) groups is 1. The van der Waals surface area contributed by atoms with E-state index in [0.29, 0.717) is 17.1 Å². The summed E-state index contributed by atoms with van der Waals surface area (Å²) >= 11 is 0. The van der Waals surface area contributed by atoms with Gasteiger partial charge in [-0.3, -0.25) is 9.78 Å². The van der Waals surface area contributed by atoms with Gasteiger partial charge in [-0.2, -0.15) is 0 Å². The summed E-state index contributed by atoms with van der Waals surface area (Å²) < 4.78 is 11.1. The van der Waals surface area contributed by atoms with E-state index in [0.717, 1.165) is 5.56 Å². The lowest BCUT2D eigenvalue weighted by Gasteiger charge is -2.20. The first-order valence-corrected chi connectivity index (χ1v) is 8.87. The number of phenols is 1. The number of aromatic hydroxyl groups is 1. The molecule has 6 nitrogen and oxygen atoms in total. The molecule has 0 radical (unpaired) electrons. The van der Waals surface area contributed by atoms with Crippen LogP contribution in [0.1, 0.15) is 30.2 Å². The second-order valence-corrected chi connectivity index (χ2v) is 6.30. The van der Waals surface area contributed by atoms with Crippen LogP contribution in [0.15, 0.2) is 73.1 Å². The van der Waals surface area contributed by atoms with Crippen molar-refractivity contribution in [2.45, 2.75) is 19.1 Å². The summed E-state index contributed by atoms with van der Waals surface area (Å²) in [6, 6.07) is 17.3. The van der Waals surface area contributed by atoms with Crippen LogP contribution in [-0.4, -0.2) is 23.1 Å². The van der Waals surface area contributed by atoms with Crippen LogP contribution < -0.4 is 10.1 Å². The molecular formula is C22H22N2O4. The van der Waals surface area contributed by atoms with Crippen molar-refractivity contribution in [2.75, 3.05) is 7.11 Å². The minimum absolute atomic E-state index is 0.140. The second kappa shape index (κ2) is 9.01. The van der Waals surface area contributed by atoms with E-state index in [4.69, 9.17) is 9.47 Å². The highest BCUT2D eigenvalue weighted by Gasteiger charge is 2.22. The number of benzene rings is 2. The Morgan fingerprint density at radius 1 is 1.00 bits per heavy atom. The van der Waals surface area contributed by atoms with Gasteiger partial charge in [-0.15, -0.1) is 0 Å². The quantitative estimate of drug-likeness (QED) is 0.646. The summed E-state index contributed by atoms with van der Waals surface area (Å²) in [4.78, 5) is 16.6. The Morgan fingerprint density at radius 2 is 1.68 bits per heavy atom. The van der Waals surface area contributed by atoms with Gasteiger partial charge in [0.15, 0.2) is 6.10 Å². The minimum atomic E-state index is -0.753. The van der Waals surface area contributed by atoms with Crippen LogP contribution in [-0.2, 0) is 9.53 Å². The Kier molecular flexibility index (Phi) is 6.24.